The molecule has 0 amide bonds. The van der Waals surface area contributed by atoms with E-state index in [-0.39, 0.29) is 11.9 Å². The van der Waals surface area contributed by atoms with E-state index in [2.05, 4.69) is 15.0 Å². The molecule has 0 bridgehead atoms. The molecule has 2 aliphatic rings. The number of aromatic nitrogens is 5. The number of aliphatic hydroxyl groups is 2. The molecule has 4 aromatic rings. The Morgan fingerprint density at radius 1 is 1.03 bits per heavy atom. The molecule has 1 saturated heterocycles. The minimum atomic E-state index is -1.37. The van der Waals surface area contributed by atoms with Crippen molar-refractivity contribution < 1.29 is 23.7 Å². The van der Waals surface area contributed by atoms with Crippen LogP contribution in [0.2, 0.25) is 0 Å². The van der Waals surface area contributed by atoms with Crippen molar-refractivity contribution in [2.75, 3.05) is 18.0 Å². The summed E-state index contributed by atoms with van der Waals surface area (Å²) >= 11 is 0. The van der Waals surface area contributed by atoms with Gasteiger partial charge in [0.15, 0.2) is 17.4 Å². The van der Waals surface area contributed by atoms with Crippen LogP contribution in [0.3, 0.4) is 0 Å². The number of halogens is 2. The summed E-state index contributed by atoms with van der Waals surface area (Å²) in [7, 11) is 0. The topological polar surface area (TPSA) is 109 Å². The molecule has 0 unspecified atom stereocenters. The molecule has 3 aromatic heterocycles. The predicted octanol–water partition coefficient (Wildman–Crippen LogP) is 4.35. The lowest BCUT2D eigenvalue weighted by molar-refractivity contribution is -0.0516. The normalized spacial score (nSPS) is 17.5. The van der Waals surface area contributed by atoms with Crippen molar-refractivity contribution in [3.8, 4) is 17.0 Å². The zero-order valence-electron chi connectivity index (χ0n) is 21.8. The molecule has 2 N–H and O–H groups in total. The van der Waals surface area contributed by atoms with Gasteiger partial charge in [0.1, 0.15) is 29.2 Å². The lowest BCUT2D eigenvalue weighted by Gasteiger charge is -2.33. The van der Waals surface area contributed by atoms with E-state index in [0.29, 0.717) is 60.2 Å². The van der Waals surface area contributed by atoms with Gasteiger partial charge < -0.3 is 19.8 Å². The average Bonchev–Trinajstić information content (AvgIpc) is 3.65. The van der Waals surface area contributed by atoms with E-state index >= 15 is 0 Å². The highest BCUT2D eigenvalue weighted by Crippen LogP contribution is 2.37. The lowest BCUT2D eigenvalue weighted by Crippen LogP contribution is -2.39. The van der Waals surface area contributed by atoms with Crippen molar-refractivity contribution in [2.24, 2.45) is 0 Å². The SMILES string of the molecule is CC(C)(O)[C@@H](O)c1cc2nc(-c3cnn(C4CC4)c3)c(N3CCC(Oc4ccc(F)cc4F)CC3)nc2cn1. The Morgan fingerprint density at radius 2 is 1.79 bits per heavy atom. The summed E-state index contributed by atoms with van der Waals surface area (Å²) < 4.78 is 35.2. The maximum Gasteiger partial charge on any atom is 0.167 e. The van der Waals surface area contributed by atoms with Gasteiger partial charge >= 0.3 is 0 Å². The van der Waals surface area contributed by atoms with Crippen molar-refractivity contribution in [2.45, 2.75) is 63.4 Å². The summed E-state index contributed by atoms with van der Waals surface area (Å²) in [6.45, 7) is 4.24. The van der Waals surface area contributed by atoms with Crippen molar-refractivity contribution >= 4 is 16.9 Å². The fourth-order valence-corrected chi connectivity index (χ4v) is 4.83. The van der Waals surface area contributed by atoms with Gasteiger partial charge in [-0.1, -0.05) is 0 Å². The molecule has 1 atom stereocenters. The van der Waals surface area contributed by atoms with Gasteiger partial charge in [-0.2, -0.15) is 5.10 Å². The molecule has 0 radical (unpaired) electrons. The number of piperidine rings is 1. The molecule has 9 nitrogen and oxygen atoms in total. The van der Waals surface area contributed by atoms with Crippen LogP contribution in [0.25, 0.3) is 22.3 Å². The maximum absolute atomic E-state index is 14.1. The second-order valence-electron chi connectivity index (χ2n) is 10.9. The number of benzene rings is 1. The van der Waals surface area contributed by atoms with Gasteiger partial charge in [-0.05, 0) is 44.9 Å². The highest BCUT2D eigenvalue weighted by molar-refractivity contribution is 5.83. The third kappa shape index (κ3) is 5.28. The molecule has 4 heterocycles. The second kappa shape index (κ2) is 9.80. The molecule has 0 spiro atoms. The standard InChI is InChI=1S/C28H30F2N6O3/c1-28(2,38)26(37)22-12-21-23(14-31-22)34-27(25(33-21)16-13-32-36(15-16)18-4-5-18)35-9-7-19(8-10-35)39-24-6-3-17(29)11-20(24)30/h3,6,11-15,18-19,26,37-38H,4-5,7-10H2,1-2H3/t26-/m0/s1. The fourth-order valence-electron chi connectivity index (χ4n) is 4.83. The highest BCUT2D eigenvalue weighted by Gasteiger charge is 2.30. The van der Waals surface area contributed by atoms with Crippen LogP contribution >= 0.6 is 0 Å². The van der Waals surface area contributed by atoms with Crippen molar-refractivity contribution in [3.63, 3.8) is 0 Å². The Morgan fingerprint density at radius 3 is 2.49 bits per heavy atom. The van der Waals surface area contributed by atoms with Gasteiger partial charge in [-0.3, -0.25) is 9.67 Å². The smallest absolute Gasteiger partial charge is 0.167 e. The Kier molecular flexibility index (Phi) is 6.43. The minimum Gasteiger partial charge on any atom is -0.487 e. The number of hydrogen-bond donors (Lipinski definition) is 2. The quantitative estimate of drug-likeness (QED) is 0.359. The van der Waals surface area contributed by atoms with Gasteiger partial charge in [0.25, 0.3) is 0 Å². The number of ether oxygens (including phenoxy) is 1. The van der Waals surface area contributed by atoms with Crippen molar-refractivity contribution in [1.29, 1.82) is 0 Å². The first-order valence-corrected chi connectivity index (χ1v) is 13.1. The van der Waals surface area contributed by atoms with Gasteiger partial charge in [0.05, 0.1) is 35.2 Å². The third-order valence-electron chi connectivity index (χ3n) is 7.23. The summed E-state index contributed by atoms with van der Waals surface area (Å²) in [4.78, 5) is 16.3. The molecule has 2 fully saturated rings. The first-order valence-electron chi connectivity index (χ1n) is 13.1. The van der Waals surface area contributed by atoms with Gasteiger partial charge in [0.2, 0.25) is 0 Å². The van der Waals surface area contributed by atoms with E-state index in [1.54, 1.807) is 18.5 Å². The van der Waals surface area contributed by atoms with Crippen LogP contribution in [-0.2, 0) is 0 Å². The Hall–Kier alpha value is -3.70. The zero-order valence-corrected chi connectivity index (χ0v) is 21.8. The molecule has 1 aliphatic heterocycles. The first kappa shape index (κ1) is 25.6. The molecule has 6 rings (SSSR count). The Balaban J connectivity index is 1.30. The monoisotopic (exact) mass is 536 g/mol. The molecule has 11 heteroatoms. The van der Waals surface area contributed by atoms with E-state index in [1.165, 1.54) is 26.0 Å². The summed E-state index contributed by atoms with van der Waals surface area (Å²) in [5.41, 5.74) is 1.54. The summed E-state index contributed by atoms with van der Waals surface area (Å²) in [6, 6.07) is 5.39. The minimum absolute atomic E-state index is 0.0450. The maximum atomic E-state index is 14.1. The number of fused-ring (bicyclic) bond motifs is 1. The van der Waals surface area contributed by atoms with Gasteiger partial charge in [-0.25, -0.2) is 18.7 Å². The van der Waals surface area contributed by atoms with Gasteiger partial charge in [-0.15, -0.1) is 0 Å². The van der Waals surface area contributed by atoms with E-state index in [1.807, 2.05) is 10.9 Å². The van der Waals surface area contributed by atoms with Crippen molar-refractivity contribution in [3.05, 3.63) is 60.2 Å². The molecular weight excluding hydrogens is 506 g/mol. The molecule has 39 heavy (non-hydrogen) atoms. The van der Waals surface area contributed by atoms with E-state index < -0.39 is 23.3 Å². The van der Waals surface area contributed by atoms with Crippen LogP contribution in [0.1, 0.15) is 57.4 Å². The number of pyridine rings is 1. The zero-order chi connectivity index (χ0) is 27.3. The lowest BCUT2D eigenvalue weighted by atomic mass is 9.98. The Bertz CT molecular complexity index is 1510. The van der Waals surface area contributed by atoms with Crippen LogP contribution in [0.4, 0.5) is 14.6 Å². The van der Waals surface area contributed by atoms with E-state index in [9.17, 15) is 19.0 Å². The molecule has 1 aliphatic carbocycles. The largest absolute Gasteiger partial charge is 0.487 e. The number of aliphatic hydroxyl groups excluding tert-OH is 1. The van der Waals surface area contributed by atoms with Crippen molar-refractivity contribution in [1.82, 2.24) is 24.7 Å². The number of nitrogens with zero attached hydrogens (tertiary/aromatic N) is 6. The number of anilines is 1. The van der Waals surface area contributed by atoms with Crippen LogP contribution < -0.4 is 9.64 Å². The van der Waals surface area contributed by atoms with E-state index in [0.717, 1.165) is 24.5 Å². The first-order chi connectivity index (χ1) is 18.7. The average molecular weight is 537 g/mol. The van der Waals surface area contributed by atoms with Gasteiger partial charge in [0, 0.05) is 43.8 Å². The Labute approximate surface area is 224 Å². The van der Waals surface area contributed by atoms with Crippen LogP contribution in [0, 0.1) is 11.6 Å². The summed E-state index contributed by atoms with van der Waals surface area (Å²) in [5.74, 6) is -0.627. The second-order valence-corrected chi connectivity index (χ2v) is 10.9. The summed E-state index contributed by atoms with van der Waals surface area (Å²) in [5, 5.41) is 25.4. The molecular formula is C28H30F2N6O3. The summed E-state index contributed by atoms with van der Waals surface area (Å²) in [6.07, 6.45) is 7.36. The van der Waals surface area contributed by atoms with Crippen LogP contribution in [0.15, 0.2) is 42.9 Å². The highest BCUT2D eigenvalue weighted by atomic mass is 19.1. The third-order valence-corrected chi connectivity index (χ3v) is 7.23. The molecule has 1 aromatic carbocycles. The number of rotatable bonds is 7. The predicted molar refractivity (Wildman–Crippen MR) is 140 cm³/mol. The van der Waals surface area contributed by atoms with Crippen LogP contribution in [-0.4, -0.2) is 59.7 Å². The van der Waals surface area contributed by atoms with E-state index in [4.69, 9.17) is 14.7 Å². The number of hydrogen-bond acceptors (Lipinski definition) is 8. The molecule has 204 valence electrons. The van der Waals surface area contributed by atoms with Crippen LogP contribution in [0.5, 0.6) is 5.75 Å². The molecule has 1 saturated carbocycles. The fraction of sp³-hybridized carbons (Fsp3) is 0.429.